The average molecular weight is 403 g/mol. The fourth-order valence-electron chi connectivity index (χ4n) is 3.50. The molecule has 1 aromatic heterocycles. The second-order valence-electron chi connectivity index (χ2n) is 6.85. The maximum atomic E-state index is 12.6. The summed E-state index contributed by atoms with van der Waals surface area (Å²) in [5.41, 5.74) is 3.69. The Morgan fingerprint density at radius 1 is 1.14 bits per heavy atom. The summed E-state index contributed by atoms with van der Waals surface area (Å²) in [6.45, 7) is 3.85. The van der Waals surface area contributed by atoms with Gasteiger partial charge in [0.2, 0.25) is 0 Å². The minimum Gasteiger partial charge on any atom is -0.305 e. The van der Waals surface area contributed by atoms with Crippen LogP contribution in [0.3, 0.4) is 0 Å². The van der Waals surface area contributed by atoms with E-state index in [1.54, 1.807) is 28.8 Å². The second kappa shape index (κ2) is 7.15. The van der Waals surface area contributed by atoms with Gasteiger partial charge < -0.3 is 4.57 Å². The number of aryl methyl sites for hydroxylation is 2. The molecule has 3 amide bonds. The Morgan fingerprint density at radius 2 is 1.79 bits per heavy atom. The molecule has 144 valence electrons. The second-order valence-corrected chi connectivity index (χ2v) is 7.83. The lowest BCUT2D eigenvalue weighted by Crippen LogP contribution is -2.35. The molecule has 0 fully saturated rings. The van der Waals surface area contributed by atoms with Gasteiger partial charge in [0, 0.05) is 0 Å². The van der Waals surface area contributed by atoms with Crippen LogP contribution >= 0.6 is 11.3 Å². The number of hydrogen-bond acceptors (Lipinski definition) is 4. The molecule has 1 aliphatic heterocycles. The Morgan fingerprint density at radius 3 is 2.41 bits per heavy atom. The number of fused-ring (bicyclic) bond motifs is 2. The molecule has 0 unspecified atom stereocenters. The molecule has 0 bridgehead atoms. The van der Waals surface area contributed by atoms with Crippen LogP contribution in [0.5, 0.6) is 0 Å². The van der Waals surface area contributed by atoms with E-state index in [-0.39, 0.29) is 6.54 Å². The largest absolute Gasteiger partial charge is 0.305 e. The molecule has 0 radical (unpaired) electrons. The van der Waals surface area contributed by atoms with Crippen LogP contribution in [0.1, 0.15) is 31.8 Å². The van der Waals surface area contributed by atoms with E-state index in [9.17, 15) is 14.4 Å². The molecule has 3 aromatic rings. The number of thiazole rings is 1. The van der Waals surface area contributed by atoms with Crippen LogP contribution in [-0.2, 0) is 11.3 Å². The summed E-state index contributed by atoms with van der Waals surface area (Å²) in [5, 5.41) is 0. The molecule has 4 rings (SSSR count). The number of hydrogen-bond donors (Lipinski definition) is 0. The number of carbonyl (C=O) groups is 3. The zero-order chi connectivity index (χ0) is 20.7. The van der Waals surface area contributed by atoms with Crippen molar-refractivity contribution in [3.05, 3.63) is 63.5 Å². The van der Waals surface area contributed by atoms with E-state index in [1.165, 1.54) is 11.3 Å². The number of imide groups is 1. The van der Waals surface area contributed by atoms with E-state index in [1.807, 2.05) is 19.9 Å². The van der Waals surface area contributed by atoms with E-state index >= 15 is 0 Å². The van der Waals surface area contributed by atoms with Crippen LogP contribution in [-0.4, -0.2) is 33.7 Å². The van der Waals surface area contributed by atoms with Gasteiger partial charge in [0.05, 0.1) is 27.9 Å². The maximum absolute atomic E-state index is 12.6. The first kappa shape index (κ1) is 18.8. The van der Waals surface area contributed by atoms with Crippen LogP contribution in [0.25, 0.3) is 10.2 Å². The molecule has 7 heteroatoms. The van der Waals surface area contributed by atoms with Crippen molar-refractivity contribution in [2.45, 2.75) is 20.4 Å². The Kier molecular flexibility index (Phi) is 4.65. The Labute approximate surface area is 171 Å². The van der Waals surface area contributed by atoms with Crippen molar-refractivity contribution in [2.24, 2.45) is 4.99 Å². The lowest BCUT2D eigenvalue weighted by Gasteiger charge is -2.10. The summed E-state index contributed by atoms with van der Waals surface area (Å²) in [4.78, 5) is 43.1. The fraction of sp³-hybridized carbons (Fsp3) is 0.182. The number of rotatable bonds is 3. The van der Waals surface area contributed by atoms with E-state index in [0.717, 1.165) is 26.2 Å². The molecule has 2 aromatic carbocycles. The third-order valence-corrected chi connectivity index (χ3v) is 5.99. The monoisotopic (exact) mass is 403 g/mol. The zero-order valence-electron chi connectivity index (χ0n) is 15.9. The van der Waals surface area contributed by atoms with Gasteiger partial charge in [-0.1, -0.05) is 35.5 Å². The predicted molar refractivity (Wildman–Crippen MR) is 111 cm³/mol. The molecule has 0 N–H and O–H groups in total. The highest BCUT2D eigenvalue weighted by Gasteiger charge is 2.36. The number of nitrogens with zero attached hydrogens (tertiary/aromatic N) is 3. The molecule has 2 heterocycles. The Bertz CT molecular complexity index is 1270. The van der Waals surface area contributed by atoms with Gasteiger partial charge in [0.15, 0.2) is 4.80 Å². The zero-order valence-corrected chi connectivity index (χ0v) is 16.7. The molecular weight excluding hydrogens is 386 g/mol. The van der Waals surface area contributed by atoms with Gasteiger partial charge in [0.1, 0.15) is 6.54 Å². The maximum Gasteiger partial charge on any atom is 0.268 e. The van der Waals surface area contributed by atoms with Crippen molar-refractivity contribution in [2.75, 3.05) is 6.54 Å². The summed E-state index contributed by atoms with van der Waals surface area (Å²) < 4.78 is 2.80. The smallest absolute Gasteiger partial charge is 0.268 e. The van der Waals surface area contributed by atoms with Gasteiger partial charge in [-0.15, -0.1) is 6.42 Å². The van der Waals surface area contributed by atoms with Crippen LogP contribution in [0.15, 0.2) is 41.4 Å². The Balaban J connectivity index is 1.71. The number of amides is 3. The highest BCUT2D eigenvalue weighted by molar-refractivity contribution is 7.16. The number of benzene rings is 2. The summed E-state index contributed by atoms with van der Waals surface area (Å²) in [7, 11) is 0. The lowest BCUT2D eigenvalue weighted by atomic mass is 10.1. The molecular formula is C22H17N3O3S. The van der Waals surface area contributed by atoms with Crippen molar-refractivity contribution in [3.63, 3.8) is 0 Å². The number of aromatic nitrogens is 1. The van der Waals surface area contributed by atoms with Crippen LogP contribution in [0, 0.1) is 26.2 Å². The van der Waals surface area contributed by atoms with Gasteiger partial charge in [-0.25, -0.2) is 0 Å². The molecule has 0 saturated heterocycles. The van der Waals surface area contributed by atoms with E-state index in [4.69, 9.17) is 6.42 Å². The minimum absolute atomic E-state index is 0.266. The molecule has 0 saturated carbocycles. The quantitative estimate of drug-likeness (QED) is 0.499. The molecule has 0 aliphatic carbocycles. The van der Waals surface area contributed by atoms with Crippen molar-refractivity contribution in [1.29, 1.82) is 0 Å². The minimum atomic E-state index is -0.578. The van der Waals surface area contributed by atoms with E-state index in [0.29, 0.717) is 15.9 Å². The summed E-state index contributed by atoms with van der Waals surface area (Å²) in [6, 6.07) is 10.6. The normalized spacial score (nSPS) is 13.8. The summed E-state index contributed by atoms with van der Waals surface area (Å²) >= 11 is 1.37. The topological polar surface area (TPSA) is 71.7 Å². The third kappa shape index (κ3) is 3.18. The van der Waals surface area contributed by atoms with Gasteiger partial charge >= 0.3 is 0 Å². The first-order valence-electron chi connectivity index (χ1n) is 8.97. The van der Waals surface area contributed by atoms with Gasteiger partial charge in [-0.3, -0.25) is 19.3 Å². The standard InChI is InChI=1S/C22H17N3O3S/c1-4-9-24-17-11-13(2)10-14(3)19(17)29-22(24)23-18(26)12-25-20(27)15-7-5-6-8-16(15)21(25)28/h1,5-8,10-11H,9,12H2,2-3H3. The fourth-order valence-corrected chi connectivity index (χ4v) is 4.60. The summed E-state index contributed by atoms with van der Waals surface area (Å²) in [5.74, 6) is 1.06. The van der Waals surface area contributed by atoms with Crippen LogP contribution < -0.4 is 4.80 Å². The Hall–Kier alpha value is -3.50. The van der Waals surface area contributed by atoms with E-state index < -0.39 is 24.3 Å². The average Bonchev–Trinajstić information content (AvgIpc) is 3.14. The molecule has 1 aliphatic rings. The molecule has 29 heavy (non-hydrogen) atoms. The molecule has 0 spiro atoms. The van der Waals surface area contributed by atoms with Crippen molar-refractivity contribution < 1.29 is 14.4 Å². The highest BCUT2D eigenvalue weighted by atomic mass is 32.1. The predicted octanol–water partition coefficient (Wildman–Crippen LogP) is 2.68. The van der Waals surface area contributed by atoms with Gasteiger partial charge in [-0.2, -0.15) is 4.99 Å². The van der Waals surface area contributed by atoms with Crippen LogP contribution in [0.2, 0.25) is 0 Å². The first-order chi connectivity index (χ1) is 13.9. The van der Waals surface area contributed by atoms with Gasteiger partial charge in [0.25, 0.3) is 17.7 Å². The van der Waals surface area contributed by atoms with Crippen LogP contribution in [0.4, 0.5) is 0 Å². The molecule has 0 atom stereocenters. The number of terminal acetylenes is 1. The number of carbonyl (C=O) groups excluding carboxylic acids is 3. The highest BCUT2D eigenvalue weighted by Crippen LogP contribution is 2.24. The van der Waals surface area contributed by atoms with Gasteiger partial charge in [-0.05, 0) is 43.2 Å². The SMILES string of the molecule is C#CCn1c(=NC(=O)CN2C(=O)c3ccccc3C2=O)sc2c(C)cc(C)cc21. The summed E-state index contributed by atoms with van der Waals surface area (Å²) in [6.07, 6.45) is 5.51. The first-order valence-corrected chi connectivity index (χ1v) is 9.79. The molecule has 6 nitrogen and oxygen atoms in total. The van der Waals surface area contributed by atoms with Crippen molar-refractivity contribution in [1.82, 2.24) is 9.47 Å². The lowest BCUT2D eigenvalue weighted by molar-refractivity contribution is -0.118. The van der Waals surface area contributed by atoms with E-state index in [2.05, 4.69) is 17.0 Å². The van der Waals surface area contributed by atoms with Crippen molar-refractivity contribution >= 4 is 39.3 Å². The third-order valence-electron chi connectivity index (χ3n) is 4.76. The van der Waals surface area contributed by atoms with Crippen molar-refractivity contribution in [3.8, 4) is 12.3 Å².